The van der Waals surface area contributed by atoms with Crippen molar-refractivity contribution in [2.75, 3.05) is 35.4 Å². The zero-order valence-corrected chi connectivity index (χ0v) is 24.0. The quantitative estimate of drug-likeness (QED) is 0.120. The molecule has 238 valence electrons. The van der Waals surface area contributed by atoms with Crippen molar-refractivity contribution in [2.24, 2.45) is 0 Å². The molecular formula is C28H25F5N6O5S. The van der Waals surface area contributed by atoms with Crippen LogP contribution < -0.4 is 20.7 Å². The molecule has 11 nitrogen and oxygen atoms in total. The number of rotatable bonds is 10. The molecule has 1 aromatic heterocycles. The van der Waals surface area contributed by atoms with E-state index in [1.807, 2.05) is 5.32 Å². The Morgan fingerprint density at radius 3 is 2.44 bits per heavy atom. The third kappa shape index (κ3) is 8.62. The summed E-state index contributed by atoms with van der Waals surface area (Å²) in [5, 5.41) is 25.8. The van der Waals surface area contributed by atoms with Crippen LogP contribution in [0.5, 0.6) is 5.88 Å². The Morgan fingerprint density at radius 2 is 1.78 bits per heavy atom. The first kappa shape index (κ1) is 33.0. The van der Waals surface area contributed by atoms with E-state index in [9.17, 15) is 31.7 Å². The number of alkyl halides is 3. The SMILES string of the molecule is CS(=N)(=O)c1cccc(Nc2ncc(-c3ccc(NC(=O)Nc4cc(C(F)(F)F)ccc4F)c(F)c3)c(OCC(O)CO)n2)c1. The van der Waals surface area contributed by atoms with Gasteiger partial charge in [0.2, 0.25) is 11.8 Å². The fourth-order valence-electron chi connectivity index (χ4n) is 3.76. The van der Waals surface area contributed by atoms with Gasteiger partial charge in [0, 0.05) is 23.0 Å². The van der Waals surface area contributed by atoms with Crippen LogP contribution in [-0.4, -0.2) is 56.0 Å². The van der Waals surface area contributed by atoms with Gasteiger partial charge in [-0.3, -0.25) is 0 Å². The molecule has 0 spiro atoms. The summed E-state index contributed by atoms with van der Waals surface area (Å²) in [6.45, 7) is -1.02. The zero-order valence-electron chi connectivity index (χ0n) is 23.2. The predicted octanol–water partition coefficient (Wildman–Crippen LogP) is 5.60. The number of amides is 2. The highest BCUT2D eigenvalue weighted by Gasteiger charge is 2.31. The highest BCUT2D eigenvalue weighted by atomic mass is 32.2. The number of urea groups is 1. The van der Waals surface area contributed by atoms with E-state index in [0.29, 0.717) is 23.9 Å². The van der Waals surface area contributed by atoms with Crippen LogP contribution in [-0.2, 0) is 15.9 Å². The maximum atomic E-state index is 15.1. The van der Waals surface area contributed by atoms with E-state index in [1.54, 1.807) is 12.1 Å². The number of aliphatic hydroxyl groups is 2. The Labute approximate surface area is 253 Å². The molecule has 2 atom stereocenters. The lowest BCUT2D eigenvalue weighted by Gasteiger charge is -2.15. The molecule has 17 heteroatoms. The summed E-state index contributed by atoms with van der Waals surface area (Å²) in [7, 11) is -3.01. The van der Waals surface area contributed by atoms with Gasteiger partial charge in [0.05, 0.1) is 38.8 Å². The number of aliphatic hydroxyl groups excluding tert-OH is 2. The molecule has 3 aromatic carbocycles. The summed E-state index contributed by atoms with van der Waals surface area (Å²) >= 11 is 0. The zero-order chi connectivity index (χ0) is 32.9. The number of hydrogen-bond donors (Lipinski definition) is 6. The minimum atomic E-state index is -4.78. The van der Waals surface area contributed by atoms with Gasteiger partial charge in [-0.25, -0.2) is 27.5 Å². The number of aromatic nitrogens is 2. The number of nitrogens with one attached hydrogen (secondary N) is 4. The number of anilines is 4. The molecule has 0 aliphatic rings. The van der Waals surface area contributed by atoms with Gasteiger partial charge in [-0.15, -0.1) is 0 Å². The van der Waals surface area contributed by atoms with Crippen molar-refractivity contribution >= 4 is 38.8 Å². The Bertz CT molecular complexity index is 1820. The summed E-state index contributed by atoms with van der Waals surface area (Å²) in [5.74, 6) is -2.30. The predicted molar refractivity (Wildman–Crippen MR) is 155 cm³/mol. The Kier molecular flexibility index (Phi) is 9.84. The van der Waals surface area contributed by atoms with Crippen LogP contribution >= 0.6 is 0 Å². The van der Waals surface area contributed by atoms with Crippen molar-refractivity contribution in [1.29, 1.82) is 4.78 Å². The molecule has 0 fully saturated rings. The van der Waals surface area contributed by atoms with Gasteiger partial charge >= 0.3 is 12.2 Å². The van der Waals surface area contributed by atoms with Crippen molar-refractivity contribution in [1.82, 2.24) is 9.97 Å². The van der Waals surface area contributed by atoms with Crippen molar-refractivity contribution in [3.63, 3.8) is 0 Å². The molecular weight excluding hydrogens is 627 g/mol. The van der Waals surface area contributed by atoms with Crippen molar-refractivity contribution in [3.05, 3.63) is 84.1 Å². The average Bonchev–Trinajstić information content (AvgIpc) is 2.97. The monoisotopic (exact) mass is 652 g/mol. The minimum Gasteiger partial charge on any atom is -0.474 e. The van der Waals surface area contributed by atoms with Gasteiger partial charge in [0.15, 0.2) is 0 Å². The molecule has 4 rings (SSSR count). The van der Waals surface area contributed by atoms with Crippen LogP contribution in [0.1, 0.15) is 5.56 Å². The van der Waals surface area contributed by atoms with Crippen LogP contribution in [0, 0.1) is 16.4 Å². The van der Waals surface area contributed by atoms with E-state index >= 15 is 4.39 Å². The molecule has 6 N–H and O–H groups in total. The number of carbonyl (C=O) groups is 1. The molecule has 0 saturated carbocycles. The maximum absolute atomic E-state index is 15.1. The molecule has 0 radical (unpaired) electrons. The molecule has 1 heterocycles. The molecule has 0 bridgehead atoms. The summed E-state index contributed by atoms with van der Waals surface area (Å²) in [6, 6.07) is 9.84. The molecule has 45 heavy (non-hydrogen) atoms. The summed E-state index contributed by atoms with van der Waals surface area (Å²) < 4.78 is 93.4. The third-order valence-electron chi connectivity index (χ3n) is 5.99. The summed E-state index contributed by atoms with van der Waals surface area (Å²) in [4.78, 5) is 21.0. The Balaban J connectivity index is 1.57. The number of hydrogen-bond acceptors (Lipinski definition) is 9. The average molecular weight is 653 g/mol. The number of ether oxygens (including phenoxy) is 1. The second-order valence-electron chi connectivity index (χ2n) is 9.52. The standard InChI is InChI=1S/C28H25F5N6O5S/c1-45(34,43)19-4-2-3-17(11-19)36-26-35-12-20(25(39-26)44-14-18(41)13-40)15-5-8-23(22(30)9-15)37-27(42)38-24-10-16(28(31,32)33)6-7-21(24)29/h2-12,18,34,40-41H,13-14H2,1H3,(H,35,36,39)(H2,37,38,42). The maximum Gasteiger partial charge on any atom is 0.416 e. The van der Waals surface area contributed by atoms with Crippen molar-refractivity contribution < 1.29 is 45.9 Å². The minimum absolute atomic E-state index is 0.0192. The Hall–Kier alpha value is -4.87. The van der Waals surface area contributed by atoms with Gasteiger partial charge in [-0.2, -0.15) is 18.2 Å². The van der Waals surface area contributed by atoms with E-state index in [-0.39, 0.29) is 27.9 Å². The number of halogens is 5. The van der Waals surface area contributed by atoms with Crippen LogP contribution in [0.2, 0.25) is 0 Å². The first-order valence-corrected chi connectivity index (χ1v) is 14.7. The third-order valence-corrected chi connectivity index (χ3v) is 7.14. The normalized spacial score (nSPS) is 13.4. The second-order valence-corrected chi connectivity index (χ2v) is 11.7. The fourth-order valence-corrected chi connectivity index (χ4v) is 4.45. The molecule has 0 aliphatic heterocycles. The largest absolute Gasteiger partial charge is 0.474 e. The van der Waals surface area contributed by atoms with Crippen molar-refractivity contribution in [2.45, 2.75) is 17.2 Å². The number of nitrogens with zero attached hydrogens (tertiary/aromatic N) is 2. The van der Waals surface area contributed by atoms with Crippen LogP contribution in [0.15, 0.2) is 71.8 Å². The highest BCUT2D eigenvalue weighted by molar-refractivity contribution is 7.91. The highest BCUT2D eigenvalue weighted by Crippen LogP contribution is 2.33. The van der Waals surface area contributed by atoms with Crippen LogP contribution in [0.25, 0.3) is 11.1 Å². The lowest BCUT2D eigenvalue weighted by molar-refractivity contribution is -0.137. The van der Waals surface area contributed by atoms with Crippen LogP contribution in [0.4, 0.5) is 49.8 Å². The molecule has 2 unspecified atom stereocenters. The first-order chi connectivity index (χ1) is 21.1. The topological polar surface area (TPSA) is 170 Å². The Morgan fingerprint density at radius 1 is 1.04 bits per heavy atom. The second kappa shape index (κ2) is 13.4. The number of benzene rings is 3. The van der Waals surface area contributed by atoms with Gasteiger partial charge in [-0.1, -0.05) is 12.1 Å². The summed E-state index contributed by atoms with van der Waals surface area (Å²) in [5.41, 5.74) is -1.70. The van der Waals surface area contributed by atoms with E-state index in [4.69, 9.17) is 14.6 Å². The van der Waals surface area contributed by atoms with E-state index in [2.05, 4.69) is 20.6 Å². The molecule has 0 saturated heterocycles. The molecule has 2 amide bonds. The van der Waals surface area contributed by atoms with Gasteiger partial charge in [0.1, 0.15) is 24.3 Å². The lowest BCUT2D eigenvalue weighted by Crippen LogP contribution is -2.22. The number of carbonyl (C=O) groups excluding carboxylic acids is 1. The van der Waals surface area contributed by atoms with E-state index in [1.165, 1.54) is 30.7 Å². The van der Waals surface area contributed by atoms with Crippen molar-refractivity contribution in [3.8, 4) is 17.0 Å². The van der Waals surface area contributed by atoms with E-state index < -0.39 is 69.8 Å². The van der Waals surface area contributed by atoms with Gasteiger partial charge < -0.3 is 30.9 Å². The van der Waals surface area contributed by atoms with Gasteiger partial charge in [-0.05, 0) is 54.1 Å². The van der Waals surface area contributed by atoms with Crippen LogP contribution in [0.3, 0.4) is 0 Å². The lowest BCUT2D eigenvalue weighted by atomic mass is 10.1. The van der Waals surface area contributed by atoms with Gasteiger partial charge in [0.25, 0.3) is 0 Å². The summed E-state index contributed by atoms with van der Waals surface area (Å²) in [6.07, 6.45) is -3.54. The fraction of sp³-hybridized carbons (Fsp3) is 0.179. The van der Waals surface area contributed by atoms with E-state index in [0.717, 1.165) is 12.1 Å². The molecule has 0 aliphatic carbocycles. The molecule has 4 aromatic rings. The first-order valence-electron chi connectivity index (χ1n) is 12.8. The smallest absolute Gasteiger partial charge is 0.416 e.